The van der Waals surface area contributed by atoms with Gasteiger partial charge in [0.05, 0.1) is 4.90 Å². The van der Waals surface area contributed by atoms with Gasteiger partial charge in [-0.05, 0) is 30.7 Å². The zero-order valence-electron chi connectivity index (χ0n) is 15.1. The number of benzene rings is 2. The number of likely N-dealkylation sites (N-methyl/N-ethyl adjacent to an activating group) is 1. The third-order valence-electron chi connectivity index (χ3n) is 4.75. The minimum Gasteiger partial charge on any atom is -0.342 e. The van der Waals surface area contributed by atoms with Crippen LogP contribution in [-0.2, 0) is 14.8 Å². The lowest BCUT2D eigenvalue weighted by atomic mass is 10.0. The first-order chi connectivity index (χ1) is 12.7. The van der Waals surface area contributed by atoms with E-state index >= 15 is 0 Å². The normalized spacial score (nSPS) is 17.9. The molecule has 142 valence electrons. The largest absolute Gasteiger partial charge is 0.342 e. The molecule has 1 heterocycles. The smallest absolute Gasteiger partial charge is 0.254 e. The van der Waals surface area contributed by atoms with Crippen LogP contribution in [0, 0.1) is 0 Å². The Morgan fingerprint density at radius 1 is 1.11 bits per heavy atom. The summed E-state index contributed by atoms with van der Waals surface area (Å²) in [6.45, 7) is 2.62. The summed E-state index contributed by atoms with van der Waals surface area (Å²) in [6, 6.07) is 12.5. The van der Waals surface area contributed by atoms with Crippen LogP contribution >= 0.6 is 0 Å². The molecule has 1 atom stereocenters. The van der Waals surface area contributed by atoms with E-state index in [-0.39, 0.29) is 16.7 Å². The molecule has 8 heteroatoms. The lowest BCUT2D eigenvalue weighted by Crippen LogP contribution is -2.56. The molecule has 0 bridgehead atoms. The molecule has 1 unspecified atom stereocenters. The van der Waals surface area contributed by atoms with E-state index in [1.54, 1.807) is 61.3 Å². The highest BCUT2D eigenvalue weighted by atomic mass is 32.2. The van der Waals surface area contributed by atoms with Gasteiger partial charge in [-0.3, -0.25) is 9.59 Å². The maximum atomic E-state index is 12.9. The van der Waals surface area contributed by atoms with Crippen LogP contribution in [0.4, 0.5) is 0 Å². The van der Waals surface area contributed by atoms with E-state index in [4.69, 9.17) is 5.14 Å². The van der Waals surface area contributed by atoms with Crippen LogP contribution in [0.2, 0.25) is 0 Å². The molecule has 27 heavy (non-hydrogen) atoms. The van der Waals surface area contributed by atoms with Crippen molar-refractivity contribution in [2.24, 2.45) is 5.14 Å². The van der Waals surface area contributed by atoms with Crippen molar-refractivity contribution in [3.63, 3.8) is 0 Å². The summed E-state index contributed by atoms with van der Waals surface area (Å²) in [7, 11) is -2.19. The van der Waals surface area contributed by atoms with Crippen molar-refractivity contribution in [2.75, 3.05) is 20.1 Å². The van der Waals surface area contributed by atoms with Gasteiger partial charge in [-0.2, -0.15) is 0 Å². The van der Waals surface area contributed by atoms with Crippen molar-refractivity contribution < 1.29 is 18.0 Å². The fourth-order valence-electron chi connectivity index (χ4n) is 3.23. The van der Waals surface area contributed by atoms with Crippen molar-refractivity contribution in [1.82, 2.24) is 9.80 Å². The Kier molecular flexibility index (Phi) is 5.03. The Morgan fingerprint density at radius 2 is 1.81 bits per heavy atom. The lowest BCUT2D eigenvalue weighted by Gasteiger charge is -2.37. The highest BCUT2D eigenvalue weighted by molar-refractivity contribution is 7.89. The molecule has 3 rings (SSSR count). The van der Waals surface area contributed by atoms with E-state index in [0.717, 1.165) is 0 Å². The molecule has 0 radical (unpaired) electrons. The van der Waals surface area contributed by atoms with Crippen LogP contribution < -0.4 is 5.14 Å². The number of piperazine rings is 1. The third kappa shape index (κ3) is 3.72. The number of primary sulfonamides is 1. The maximum Gasteiger partial charge on any atom is 0.254 e. The van der Waals surface area contributed by atoms with Crippen LogP contribution in [0.5, 0.6) is 0 Å². The molecule has 1 aliphatic heterocycles. The predicted molar refractivity (Wildman–Crippen MR) is 101 cm³/mol. The minimum absolute atomic E-state index is 0.00209. The van der Waals surface area contributed by atoms with Gasteiger partial charge in [0.25, 0.3) is 5.91 Å². The third-order valence-corrected chi connectivity index (χ3v) is 5.72. The number of carbonyl (C=O) groups excluding carboxylic acids is 2. The molecule has 1 saturated heterocycles. The van der Waals surface area contributed by atoms with Crippen LogP contribution in [-0.4, -0.2) is 56.2 Å². The van der Waals surface area contributed by atoms with Gasteiger partial charge >= 0.3 is 0 Å². The summed E-state index contributed by atoms with van der Waals surface area (Å²) in [5.41, 5.74) is 1.39. The Labute approximate surface area is 158 Å². The van der Waals surface area contributed by atoms with E-state index < -0.39 is 16.1 Å². The highest BCUT2D eigenvalue weighted by Crippen LogP contribution is 2.28. The average Bonchev–Trinajstić information content (AvgIpc) is 2.65. The Hall–Kier alpha value is -2.71. The molecule has 0 aliphatic carbocycles. The Morgan fingerprint density at radius 3 is 2.52 bits per heavy atom. The van der Waals surface area contributed by atoms with Crippen LogP contribution in [0.3, 0.4) is 0 Å². The standard InChI is InChI=1S/C19H21N3O4S/c1-13-18(23)21(2)10-11-22(13)19(24)15-7-5-6-14(12-15)16-8-3-4-9-17(16)27(20,25)26/h3-9,12-13H,10-11H2,1-2H3,(H2,20,25,26). The van der Waals surface area contributed by atoms with Gasteiger partial charge in [0, 0.05) is 31.3 Å². The van der Waals surface area contributed by atoms with Crippen molar-refractivity contribution in [3.05, 3.63) is 54.1 Å². The van der Waals surface area contributed by atoms with Gasteiger partial charge in [-0.25, -0.2) is 13.6 Å². The molecule has 0 spiro atoms. The van der Waals surface area contributed by atoms with E-state index in [1.165, 1.54) is 11.0 Å². The Balaban J connectivity index is 1.98. The maximum absolute atomic E-state index is 12.9. The minimum atomic E-state index is -3.90. The highest BCUT2D eigenvalue weighted by Gasteiger charge is 2.33. The van der Waals surface area contributed by atoms with E-state index in [2.05, 4.69) is 0 Å². The van der Waals surface area contributed by atoms with Gasteiger partial charge in [-0.1, -0.05) is 30.3 Å². The molecule has 2 aromatic carbocycles. The molecule has 2 N–H and O–H groups in total. The summed E-state index contributed by atoms with van der Waals surface area (Å²) < 4.78 is 23.7. The summed E-state index contributed by atoms with van der Waals surface area (Å²) in [5, 5.41) is 5.31. The first-order valence-corrected chi connectivity index (χ1v) is 10.0. The summed E-state index contributed by atoms with van der Waals surface area (Å²) in [5.74, 6) is -0.371. The molecule has 0 saturated carbocycles. The van der Waals surface area contributed by atoms with Gasteiger partial charge in [0.15, 0.2) is 0 Å². The Bertz CT molecular complexity index is 1000. The lowest BCUT2D eigenvalue weighted by molar-refractivity contribution is -0.137. The van der Waals surface area contributed by atoms with Crippen LogP contribution in [0.25, 0.3) is 11.1 Å². The van der Waals surface area contributed by atoms with Crippen molar-refractivity contribution in [1.29, 1.82) is 0 Å². The van der Waals surface area contributed by atoms with E-state index in [0.29, 0.717) is 29.8 Å². The number of sulfonamides is 1. The fraction of sp³-hybridized carbons (Fsp3) is 0.263. The first kappa shape index (κ1) is 19.1. The molecular weight excluding hydrogens is 366 g/mol. The van der Waals surface area contributed by atoms with Crippen molar-refractivity contribution in [3.8, 4) is 11.1 Å². The van der Waals surface area contributed by atoms with Crippen molar-refractivity contribution >= 4 is 21.8 Å². The summed E-state index contributed by atoms with van der Waals surface area (Å²) >= 11 is 0. The second-order valence-corrected chi connectivity index (χ2v) is 8.09. The van der Waals surface area contributed by atoms with Crippen molar-refractivity contribution in [2.45, 2.75) is 17.9 Å². The predicted octanol–water partition coefficient (Wildman–Crippen LogP) is 1.30. The van der Waals surface area contributed by atoms with Gasteiger partial charge in [-0.15, -0.1) is 0 Å². The summed E-state index contributed by atoms with van der Waals surface area (Å²) in [4.78, 5) is 28.2. The summed E-state index contributed by atoms with van der Waals surface area (Å²) in [6.07, 6.45) is 0. The molecule has 2 amide bonds. The second kappa shape index (κ2) is 7.13. The molecule has 0 aromatic heterocycles. The number of hydrogen-bond donors (Lipinski definition) is 1. The molecular formula is C19H21N3O4S. The van der Waals surface area contributed by atoms with Gasteiger partial charge in [0.2, 0.25) is 15.9 Å². The number of nitrogens with zero attached hydrogens (tertiary/aromatic N) is 2. The number of rotatable bonds is 3. The molecule has 2 aromatic rings. The van der Waals surface area contributed by atoms with Crippen LogP contribution in [0.15, 0.2) is 53.4 Å². The number of nitrogens with two attached hydrogens (primary N) is 1. The monoisotopic (exact) mass is 387 g/mol. The molecule has 1 fully saturated rings. The second-order valence-electron chi connectivity index (χ2n) is 6.56. The number of carbonyl (C=O) groups is 2. The SMILES string of the molecule is CC1C(=O)N(C)CCN1C(=O)c1cccc(-c2ccccc2S(N)(=O)=O)c1. The zero-order chi connectivity index (χ0) is 19.8. The zero-order valence-corrected chi connectivity index (χ0v) is 15.9. The molecule has 7 nitrogen and oxygen atoms in total. The fourth-order valence-corrected chi connectivity index (χ4v) is 3.99. The van der Waals surface area contributed by atoms with E-state index in [9.17, 15) is 18.0 Å². The quantitative estimate of drug-likeness (QED) is 0.858. The topological polar surface area (TPSA) is 101 Å². The van der Waals surface area contributed by atoms with Gasteiger partial charge < -0.3 is 9.80 Å². The first-order valence-electron chi connectivity index (χ1n) is 8.48. The number of amides is 2. The number of hydrogen-bond acceptors (Lipinski definition) is 4. The van der Waals surface area contributed by atoms with E-state index in [1.807, 2.05) is 0 Å². The van der Waals surface area contributed by atoms with Crippen LogP contribution in [0.1, 0.15) is 17.3 Å². The average molecular weight is 387 g/mol. The molecule has 1 aliphatic rings. The van der Waals surface area contributed by atoms with Gasteiger partial charge in [0.1, 0.15) is 6.04 Å².